The van der Waals surface area contributed by atoms with Crippen LogP contribution < -0.4 is 15.4 Å². The summed E-state index contributed by atoms with van der Waals surface area (Å²) in [6.45, 7) is 1.76. The van der Waals surface area contributed by atoms with Crippen molar-refractivity contribution in [3.8, 4) is 5.75 Å². The minimum atomic E-state index is -0.201. The van der Waals surface area contributed by atoms with E-state index in [1.54, 1.807) is 12.1 Å². The van der Waals surface area contributed by atoms with Crippen molar-refractivity contribution in [2.24, 2.45) is 0 Å². The number of rotatable bonds is 8. The zero-order valence-corrected chi connectivity index (χ0v) is 14.2. The number of hydrogen-bond acceptors (Lipinski definition) is 4. The molecule has 0 saturated heterocycles. The summed E-state index contributed by atoms with van der Waals surface area (Å²) >= 11 is 0. The highest BCUT2D eigenvalue weighted by Gasteiger charge is 2.11. The Morgan fingerprint density at radius 1 is 1.04 bits per heavy atom. The van der Waals surface area contributed by atoms with Crippen LogP contribution in [0.15, 0.2) is 59.0 Å². The molecule has 3 rings (SSSR count). The second-order valence-corrected chi connectivity index (χ2v) is 5.78. The molecule has 0 spiro atoms. The number of nitrogens with one attached hydrogen (secondary N) is 2. The molecule has 0 aliphatic rings. The summed E-state index contributed by atoms with van der Waals surface area (Å²) < 4.78 is 11.3. The normalized spacial score (nSPS) is 10.8. The van der Waals surface area contributed by atoms with Crippen molar-refractivity contribution in [1.29, 1.82) is 0 Å². The van der Waals surface area contributed by atoms with Crippen LogP contribution in [0.25, 0.3) is 10.8 Å². The van der Waals surface area contributed by atoms with Crippen molar-refractivity contribution in [3.05, 3.63) is 66.1 Å². The Kier molecular flexibility index (Phi) is 5.69. The highest BCUT2D eigenvalue weighted by atomic mass is 16.5. The molecule has 5 heteroatoms. The molecule has 1 heterocycles. The maximum absolute atomic E-state index is 12.0. The number of carbonyl (C=O) groups is 1. The van der Waals surface area contributed by atoms with Gasteiger partial charge in [-0.3, -0.25) is 4.79 Å². The number of carbonyl (C=O) groups excluding carboxylic acids is 1. The first-order valence-corrected chi connectivity index (χ1v) is 8.39. The van der Waals surface area contributed by atoms with Crippen molar-refractivity contribution in [3.63, 3.8) is 0 Å². The monoisotopic (exact) mass is 338 g/mol. The lowest BCUT2D eigenvalue weighted by molar-refractivity contribution is 0.0921. The van der Waals surface area contributed by atoms with Crippen molar-refractivity contribution >= 4 is 16.7 Å². The minimum absolute atomic E-state index is 0.201. The van der Waals surface area contributed by atoms with E-state index >= 15 is 0 Å². The van der Waals surface area contributed by atoms with Gasteiger partial charge in [0.1, 0.15) is 18.1 Å². The molecule has 0 saturated carbocycles. The van der Waals surface area contributed by atoms with Crippen LogP contribution >= 0.6 is 0 Å². The van der Waals surface area contributed by atoms with Gasteiger partial charge < -0.3 is 19.8 Å². The average Bonchev–Trinajstić information content (AvgIpc) is 3.12. The number of fused-ring (bicyclic) bond motifs is 1. The molecular formula is C20H22N2O3. The lowest BCUT2D eigenvalue weighted by Crippen LogP contribution is -2.26. The molecule has 0 aliphatic heterocycles. The molecule has 25 heavy (non-hydrogen) atoms. The van der Waals surface area contributed by atoms with Crippen LogP contribution in [0.1, 0.15) is 22.7 Å². The number of furan rings is 1. The highest BCUT2D eigenvalue weighted by Crippen LogP contribution is 2.21. The van der Waals surface area contributed by atoms with E-state index in [9.17, 15) is 4.79 Å². The first-order valence-electron chi connectivity index (χ1n) is 8.39. The first-order chi connectivity index (χ1) is 12.3. The molecule has 0 radical (unpaired) electrons. The van der Waals surface area contributed by atoms with E-state index in [0.29, 0.717) is 18.1 Å². The Balaban J connectivity index is 1.54. The topological polar surface area (TPSA) is 63.5 Å². The molecule has 2 aromatic carbocycles. The third-order valence-corrected chi connectivity index (χ3v) is 3.88. The summed E-state index contributed by atoms with van der Waals surface area (Å²) in [5.74, 6) is 1.50. The van der Waals surface area contributed by atoms with Gasteiger partial charge in [0.25, 0.3) is 5.91 Å². The molecule has 1 amide bonds. The maximum atomic E-state index is 12.0. The summed E-state index contributed by atoms with van der Waals surface area (Å²) in [6, 6.07) is 17.5. The van der Waals surface area contributed by atoms with Crippen LogP contribution in [0.4, 0.5) is 0 Å². The fraction of sp³-hybridized carbons (Fsp3) is 0.250. The quantitative estimate of drug-likeness (QED) is 0.618. The van der Waals surface area contributed by atoms with E-state index in [0.717, 1.165) is 24.1 Å². The molecule has 0 fully saturated rings. The van der Waals surface area contributed by atoms with E-state index in [2.05, 4.69) is 16.7 Å². The molecule has 130 valence electrons. The molecule has 0 bridgehead atoms. The van der Waals surface area contributed by atoms with Crippen LogP contribution in [-0.4, -0.2) is 26.0 Å². The molecule has 0 atom stereocenters. The molecule has 3 aromatic rings. The molecule has 0 aliphatic carbocycles. The van der Waals surface area contributed by atoms with Gasteiger partial charge in [-0.2, -0.15) is 0 Å². The first kappa shape index (κ1) is 17.0. The molecule has 5 nitrogen and oxygen atoms in total. The van der Waals surface area contributed by atoms with Crippen molar-refractivity contribution in [2.75, 3.05) is 20.1 Å². The van der Waals surface area contributed by atoms with Crippen molar-refractivity contribution < 1.29 is 13.9 Å². The van der Waals surface area contributed by atoms with Crippen LogP contribution in [0.5, 0.6) is 5.75 Å². The Morgan fingerprint density at radius 3 is 2.72 bits per heavy atom. The van der Waals surface area contributed by atoms with Crippen LogP contribution in [0, 0.1) is 0 Å². The van der Waals surface area contributed by atoms with Gasteiger partial charge in [-0.05, 0) is 55.1 Å². The number of amides is 1. The average molecular weight is 338 g/mol. The second kappa shape index (κ2) is 8.35. The van der Waals surface area contributed by atoms with Crippen LogP contribution in [-0.2, 0) is 6.61 Å². The summed E-state index contributed by atoms with van der Waals surface area (Å²) in [4.78, 5) is 12.0. The SMILES string of the molecule is CNCCCNC(=O)c1ccc(COc2ccc3ccccc3c2)o1. The van der Waals surface area contributed by atoms with Crippen molar-refractivity contribution in [1.82, 2.24) is 10.6 Å². The number of benzene rings is 2. The van der Waals surface area contributed by atoms with E-state index in [4.69, 9.17) is 9.15 Å². The van der Waals surface area contributed by atoms with Gasteiger partial charge in [-0.1, -0.05) is 30.3 Å². The molecular weight excluding hydrogens is 316 g/mol. The van der Waals surface area contributed by atoms with E-state index in [1.807, 2.05) is 43.4 Å². The smallest absolute Gasteiger partial charge is 0.286 e. The van der Waals surface area contributed by atoms with Crippen molar-refractivity contribution in [2.45, 2.75) is 13.0 Å². The maximum Gasteiger partial charge on any atom is 0.286 e. The number of ether oxygens (including phenoxy) is 1. The van der Waals surface area contributed by atoms with Gasteiger partial charge in [0.2, 0.25) is 0 Å². The van der Waals surface area contributed by atoms with Gasteiger partial charge >= 0.3 is 0 Å². The number of hydrogen-bond donors (Lipinski definition) is 2. The van der Waals surface area contributed by atoms with E-state index < -0.39 is 0 Å². The molecule has 0 unspecified atom stereocenters. The van der Waals surface area contributed by atoms with Crippen LogP contribution in [0.2, 0.25) is 0 Å². The van der Waals surface area contributed by atoms with Gasteiger partial charge in [-0.15, -0.1) is 0 Å². The third kappa shape index (κ3) is 4.61. The molecule has 1 aromatic heterocycles. The van der Waals surface area contributed by atoms with Gasteiger partial charge in [-0.25, -0.2) is 0 Å². The zero-order chi connectivity index (χ0) is 17.5. The van der Waals surface area contributed by atoms with Gasteiger partial charge in [0.05, 0.1) is 0 Å². The third-order valence-electron chi connectivity index (χ3n) is 3.88. The van der Waals surface area contributed by atoms with E-state index in [1.165, 1.54) is 5.39 Å². The lowest BCUT2D eigenvalue weighted by Gasteiger charge is -2.06. The largest absolute Gasteiger partial charge is 0.486 e. The fourth-order valence-corrected chi connectivity index (χ4v) is 2.54. The van der Waals surface area contributed by atoms with Gasteiger partial charge in [0, 0.05) is 6.54 Å². The Hall–Kier alpha value is -2.79. The van der Waals surface area contributed by atoms with Crippen LogP contribution in [0.3, 0.4) is 0 Å². The second-order valence-electron chi connectivity index (χ2n) is 5.78. The van der Waals surface area contributed by atoms with Gasteiger partial charge in [0.15, 0.2) is 5.76 Å². The summed E-state index contributed by atoms with van der Waals surface area (Å²) in [5, 5.41) is 8.16. The summed E-state index contributed by atoms with van der Waals surface area (Å²) in [5.41, 5.74) is 0. The Morgan fingerprint density at radius 2 is 1.88 bits per heavy atom. The summed E-state index contributed by atoms with van der Waals surface area (Å²) in [7, 11) is 1.89. The Labute approximate surface area is 147 Å². The Bertz CT molecular complexity index is 842. The zero-order valence-electron chi connectivity index (χ0n) is 14.2. The highest BCUT2D eigenvalue weighted by molar-refractivity contribution is 5.91. The fourth-order valence-electron chi connectivity index (χ4n) is 2.54. The van der Waals surface area contributed by atoms with E-state index in [-0.39, 0.29) is 12.5 Å². The predicted molar refractivity (Wildman–Crippen MR) is 97.9 cm³/mol. The summed E-state index contributed by atoms with van der Waals surface area (Å²) in [6.07, 6.45) is 0.876. The minimum Gasteiger partial charge on any atom is -0.486 e. The lowest BCUT2D eigenvalue weighted by atomic mass is 10.1. The molecule has 2 N–H and O–H groups in total. The standard InChI is InChI=1S/C20H22N2O3/c1-21-11-4-12-22-20(23)19-10-9-18(25-19)14-24-17-8-7-15-5-2-3-6-16(15)13-17/h2-3,5-10,13,21H,4,11-12,14H2,1H3,(H,22,23). The predicted octanol–water partition coefficient (Wildman–Crippen LogP) is 3.35.